The van der Waals surface area contributed by atoms with Gasteiger partial charge < -0.3 is 9.47 Å². The van der Waals surface area contributed by atoms with E-state index in [1.54, 1.807) is 0 Å². The SMILES string of the molecule is CCOCOC1CCCCC=CCCC=CCCCCC1. The quantitative estimate of drug-likeness (QED) is 0.371. The van der Waals surface area contributed by atoms with E-state index in [4.69, 9.17) is 9.47 Å². The van der Waals surface area contributed by atoms with E-state index in [1.807, 2.05) is 6.92 Å². The van der Waals surface area contributed by atoms with E-state index in [0.29, 0.717) is 12.9 Å². The Bertz CT molecular complexity index is 271. The first-order valence-electron chi connectivity index (χ1n) is 8.92. The molecule has 0 spiro atoms. The van der Waals surface area contributed by atoms with Gasteiger partial charge in [0.15, 0.2) is 0 Å². The molecule has 0 N–H and O–H groups in total. The van der Waals surface area contributed by atoms with Crippen molar-refractivity contribution in [2.24, 2.45) is 0 Å². The molecule has 0 amide bonds. The molecule has 1 rings (SSSR count). The third-order valence-corrected chi connectivity index (χ3v) is 3.97. The Morgan fingerprint density at radius 1 is 0.762 bits per heavy atom. The number of ether oxygens (including phenoxy) is 2. The molecular weight excluding hydrogens is 260 g/mol. The standard InChI is InChI=1S/C19H34O2/c1-2-20-18-21-19-16-14-12-10-8-6-4-3-5-7-9-11-13-15-17-19/h4,6-7,9,19H,2-3,5,8,10-18H2,1H3. The van der Waals surface area contributed by atoms with Crippen LogP contribution in [0.4, 0.5) is 0 Å². The monoisotopic (exact) mass is 294 g/mol. The second kappa shape index (κ2) is 14.3. The maximum Gasteiger partial charge on any atom is 0.147 e. The average Bonchev–Trinajstić information content (AvgIpc) is 2.49. The Labute approximate surface area is 131 Å². The van der Waals surface area contributed by atoms with Gasteiger partial charge in [0.2, 0.25) is 0 Å². The molecule has 0 saturated heterocycles. The van der Waals surface area contributed by atoms with Crippen LogP contribution < -0.4 is 0 Å². The fraction of sp³-hybridized carbons (Fsp3) is 0.789. The minimum absolute atomic E-state index is 0.393. The zero-order valence-electron chi connectivity index (χ0n) is 13.9. The topological polar surface area (TPSA) is 18.5 Å². The lowest BCUT2D eigenvalue weighted by atomic mass is 10.0. The van der Waals surface area contributed by atoms with E-state index in [1.165, 1.54) is 70.6 Å². The van der Waals surface area contributed by atoms with Crippen LogP contribution in [0.1, 0.15) is 77.6 Å². The van der Waals surface area contributed by atoms with Crippen LogP contribution in [-0.2, 0) is 9.47 Å². The van der Waals surface area contributed by atoms with Gasteiger partial charge in [0, 0.05) is 6.61 Å². The summed E-state index contributed by atoms with van der Waals surface area (Å²) in [7, 11) is 0. The highest BCUT2D eigenvalue weighted by atomic mass is 16.7. The first kappa shape index (κ1) is 18.4. The summed E-state index contributed by atoms with van der Waals surface area (Å²) >= 11 is 0. The fourth-order valence-corrected chi connectivity index (χ4v) is 2.65. The largest absolute Gasteiger partial charge is 0.356 e. The molecule has 1 atom stereocenters. The second-order valence-electron chi connectivity index (χ2n) is 5.84. The van der Waals surface area contributed by atoms with Crippen LogP contribution in [-0.4, -0.2) is 19.5 Å². The van der Waals surface area contributed by atoms with Gasteiger partial charge >= 0.3 is 0 Å². The fourth-order valence-electron chi connectivity index (χ4n) is 2.65. The molecule has 0 heterocycles. The molecule has 2 heteroatoms. The average molecular weight is 294 g/mol. The molecule has 1 aliphatic rings. The van der Waals surface area contributed by atoms with Crippen LogP contribution >= 0.6 is 0 Å². The first-order chi connectivity index (χ1) is 10.4. The minimum atomic E-state index is 0.393. The van der Waals surface area contributed by atoms with Gasteiger partial charge in [0.05, 0.1) is 6.10 Å². The Morgan fingerprint density at radius 3 is 2.00 bits per heavy atom. The van der Waals surface area contributed by atoms with Crippen LogP contribution in [0.3, 0.4) is 0 Å². The van der Waals surface area contributed by atoms with Crippen LogP contribution in [0.5, 0.6) is 0 Å². The van der Waals surface area contributed by atoms with E-state index in [-0.39, 0.29) is 0 Å². The van der Waals surface area contributed by atoms with E-state index in [2.05, 4.69) is 24.3 Å². The number of allylic oxidation sites excluding steroid dienone is 4. The van der Waals surface area contributed by atoms with Gasteiger partial charge in [-0.15, -0.1) is 0 Å². The molecule has 1 unspecified atom stereocenters. The van der Waals surface area contributed by atoms with E-state index >= 15 is 0 Å². The van der Waals surface area contributed by atoms with Crippen LogP contribution in [0, 0.1) is 0 Å². The molecular formula is C19H34O2. The van der Waals surface area contributed by atoms with Crippen molar-refractivity contribution in [3.63, 3.8) is 0 Å². The molecule has 0 aromatic rings. The van der Waals surface area contributed by atoms with Crippen molar-refractivity contribution in [2.75, 3.05) is 13.4 Å². The van der Waals surface area contributed by atoms with Gasteiger partial charge in [-0.1, -0.05) is 43.6 Å². The zero-order valence-corrected chi connectivity index (χ0v) is 13.9. The Balaban J connectivity index is 2.30. The van der Waals surface area contributed by atoms with Gasteiger partial charge in [0.25, 0.3) is 0 Å². The van der Waals surface area contributed by atoms with Gasteiger partial charge in [-0.3, -0.25) is 0 Å². The first-order valence-corrected chi connectivity index (χ1v) is 8.92. The summed E-state index contributed by atoms with van der Waals surface area (Å²) in [6.07, 6.45) is 23.4. The number of hydrogen-bond donors (Lipinski definition) is 0. The third kappa shape index (κ3) is 11.7. The molecule has 2 nitrogen and oxygen atoms in total. The predicted octanol–water partition coefficient (Wildman–Crippen LogP) is 5.78. The Hall–Kier alpha value is -0.600. The highest BCUT2D eigenvalue weighted by Crippen LogP contribution is 2.16. The van der Waals surface area contributed by atoms with E-state index < -0.39 is 0 Å². The predicted molar refractivity (Wildman–Crippen MR) is 90.4 cm³/mol. The molecule has 21 heavy (non-hydrogen) atoms. The Kier molecular flexibility index (Phi) is 12.6. The lowest BCUT2D eigenvalue weighted by Gasteiger charge is -2.17. The molecule has 0 radical (unpaired) electrons. The van der Waals surface area contributed by atoms with E-state index in [0.717, 1.165) is 6.61 Å². The lowest BCUT2D eigenvalue weighted by molar-refractivity contribution is -0.0913. The number of rotatable bonds is 4. The summed E-state index contributed by atoms with van der Waals surface area (Å²) in [5.74, 6) is 0. The van der Waals surface area contributed by atoms with Crippen LogP contribution in [0.25, 0.3) is 0 Å². The maximum atomic E-state index is 5.87. The molecule has 1 aliphatic carbocycles. The Morgan fingerprint density at radius 2 is 1.33 bits per heavy atom. The third-order valence-electron chi connectivity index (χ3n) is 3.97. The van der Waals surface area contributed by atoms with E-state index in [9.17, 15) is 0 Å². The summed E-state index contributed by atoms with van der Waals surface area (Å²) in [5, 5.41) is 0. The minimum Gasteiger partial charge on any atom is -0.356 e. The molecule has 0 aromatic carbocycles. The molecule has 0 aliphatic heterocycles. The van der Waals surface area contributed by atoms with Gasteiger partial charge in [-0.05, 0) is 58.3 Å². The van der Waals surface area contributed by atoms with Crippen molar-refractivity contribution in [3.05, 3.63) is 24.3 Å². The summed E-state index contributed by atoms with van der Waals surface area (Å²) < 4.78 is 11.2. The lowest BCUT2D eigenvalue weighted by Crippen LogP contribution is -2.15. The maximum absolute atomic E-state index is 5.87. The van der Waals surface area contributed by atoms with Crippen molar-refractivity contribution in [1.82, 2.24) is 0 Å². The molecule has 0 aromatic heterocycles. The van der Waals surface area contributed by atoms with Crippen LogP contribution in [0.2, 0.25) is 0 Å². The summed E-state index contributed by atoms with van der Waals surface area (Å²) in [5.41, 5.74) is 0. The van der Waals surface area contributed by atoms with Crippen LogP contribution in [0.15, 0.2) is 24.3 Å². The van der Waals surface area contributed by atoms with Crippen molar-refractivity contribution in [2.45, 2.75) is 83.7 Å². The van der Waals surface area contributed by atoms with Crippen molar-refractivity contribution < 1.29 is 9.47 Å². The van der Waals surface area contributed by atoms with Gasteiger partial charge in [0.1, 0.15) is 6.79 Å². The summed E-state index contributed by atoms with van der Waals surface area (Å²) in [6, 6.07) is 0. The molecule has 0 saturated carbocycles. The molecule has 0 bridgehead atoms. The highest BCUT2D eigenvalue weighted by Gasteiger charge is 2.08. The number of hydrogen-bond acceptors (Lipinski definition) is 2. The van der Waals surface area contributed by atoms with Gasteiger partial charge in [-0.25, -0.2) is 0 Å². The second-order valence-corrected chi connectivity index (χ2v) is 5.84. The molecule has 0 fully saturated rings. The zero-order chi connectivity index (χ0) is 15.0. The summed E-state index contributed by atoms with van der Waals surface area (Å²) in [6.45, 7) is 3.22. The smallest absolute Gasteiger partial charge is 0.147 e. The summed E-state index contributed by atoms with van der Waals surface area (Å²) in [4.78, 5) is 0. The van der Waals surface area contributed by atoms with Gasteiger partial charge in [-0.2, -0.15) is 0 Å². The molecule has 122 valence electrons. The van der Waals surface area contributed by atoms with Crippen molar-refractivity contribution in [3.8, 4) is 0 Å². The highest BCUT2D eigenvalue weighted by molar-refractivity contribution is 4.88. The van der Waals surface area contributed by atoms with Crippen molar-refractivity contribution >= 4 is 0 Å². The normalized spacial score (nSPS) is 23.2. The van der Waals surface area contributed by atoms with Crippen molar-refractivity contribution in [1.29, 1.82) is 0 Å².